The van der Waals surface area contributed by atoms with Gasteiger partial charge in [-0.2, -0.15) is 0 Å². The van der Waals surface area contributed by atoms with Crippen LogP contribution < -0.4 is 0 Å². The number of sulfone groups is 1. The van der Waals surface area contributed by atoms with Gasteiger partial charge in [-0.25, -0.2) is 8.42 Å². The summed E-state index contributed by atoms with van der Waals surface area (Å²) < 4.78 is 25.4. The first kappa shape index (κ1) is 23.0. The first-order chi connectivity index (χ1) is 15.8. The lowest BCUT2D eigenvalue weighted by Crippen LogP contribution is -2.50. The van der Waals surface area contributed by atoms with E-state index in [2.05, 4.69) is 0 Å². The molecule has 4 rings (SSSR count). The maximum Gasteiger partial charge on any atom is 0.254 e. The molecule has 6 nitrogen and oxygen atoms in total. The molecule has 0 aromatic heterocycles. The highest BCUT2D eigenvalue weighted by Crippen LogP contribution is 2.19. The Morgan fingerprint density at radius 3 is 1.85 bits per heavy atom. The van der Waals surface area contributed by atoms with Crippen LogP contribution in [0.4, 0.5) is 0 Å². The van der Waals surface area contributed by atoms with Gasteiger partial charge in [-0.3, -0.25) is 9.59 Å². The maximum atomic E-state index is 13.0. The fraction of sp³-hybridized carbons (Fsp3) is 0.200. The normalized spacial score (nSPS) is 14.2. The van der Waals surface area contributed by atoms with Crippen LogP contribution in [0.2, 0.25) is 5.02 Å². The number of benzene rings is 3. The zero-order valence-electron chi connectivity index (χ0n) is 17.9. The van der Waals surface area contributed by atoms with Crippen molar-refractivity contribution in [2.75, 3.05) is 26.2 Å². The number of carbonyl (C=O) groups is 2. The summed E-state index contributed by atoms with van der Waals surface area (Å²) >= 11 is 5.99. The van der Waals surface area contributed by atoms with Gasteiger partial charge in [0.1, 0.15) is 0 Å². The lowest BCUT2D eigenvalue weighted by Gasteiger charge is -2.35. The summed E-state index contributed by atoms with van der Waals surface area (Å²) in [5, 5.41) is 0.504. The number of amides is 2. The van der Waals surface area contributed by atoms with Crippen molar-refractivity contribution in [1.82, 2.24) is 9.80 Å². The molecule has 0 spiro atoms. The number of hydrogen-bond donors (Lipinski definition) is 0. The molecule has 33 heavy (non-hydrogen) atoms. The summed E-state index contributed by atoms with van der Waals surface area (Å²) in [6, 6.07) is 21.8. The van der Waals surface area contributed by atoms with E-state index < -0.39 is 9.84 Å². The average Bonchev–Trinajstić information content (AvgIpc) is 2.84. The van der Waals surface area contributed by atoms with Gasteiger partial charge in [-0.05, 0) is 48.0 Å². The Balaban J connectivity index is 1.41. The molecule has 0 radical (unpaired) electrons. The highest BCUT2D eigenvalue weighted by atomic mass is 35.5. The third kappa shape index (κ3) is 5.43. The second-order valence-corrected chi connectivity index (χ2v) is 10.3. The Hall–Kier alpha value is -3.16. The molecule has 0 unspecified atom stereocenters. The number of piperazine rings is 1. The van der Waals surface area contributed by atoms with Crippen LogP contribution >= 0.6 is 11.6 Å². The first-order valence-electron chi connectivity index (χ1n) is 10.5. The van der Waals surface area contributed by atoms with Crippen molar-refractivity contribution >= 4 is 33.3 Å². The summed E-state index contributed by atoms with van der Waals surface area (Å²) in [7, 11) is -3.51. The molecule has 170 valence electrons. The van der Waals surface area contributed by atoms with E-state index in [-0.39, 0.29) is 22.5 Å². The lowest BCUT2D eigenvalue weighted by atomic mass is 10.1. The lowest BCUT2D eigenvalue weighted by molar-refractivity contribution is 0.0535. The van der Waals surface area contributed by atoms with Crippen molar-refractivity contribution in [1.29, 1.82) is 0 Å². The number of carbonyl (C=O) groups excluding carboxylic acids is 2. The van der Waals surface area contributed by atoms with E-state index in [4.69, 9.17) is 11.6 Å². The highest BCUT2D eigenvalue weighted by molar-refractivity contribution is 7.90. The third-order valence-corrected chi connectivity index (χ3v) is 7.50. The molecule has 1 aliphatic rings. The van der Waals surface area contributed by atoms with Crippen LogP contribution in [0.3, 0.4) is 0 Å². The minimum atomic E-state index is -3.51. The Morgan fingerprint density at radius 2 is 1.27 bits per heavy atom. The van der Waals surface area contributed by atoms with Crippen LogP contribution in [-0.4, -0.2) is 56.2 Å². The van der Waals surface area contributed by atoms with Crippen LogP contribution in [0.15, 0.2) is 83.8 Å². The molecule has 0 atom stereocenters. The van der Waals surface area contributed by atoms with Gasteiger partial charge in [0.25, 0.3) is 11.8 Å². The minimum absolute atomic E-state index is 0.113. The van der Waals surface area contributed by atoms with Gasteiger partial charge < -0.3 is 9.80 Å². The number of nitrogens with zero attached hydrogens (tertiary/aromatic N) is 2. The number of hydrogen-bond acceptors (Lipinski definition) is 4. The van der Waals surface area contributed by atoms with E-state index in [1.54, 1.807) is 88.7 Å². The van der Waals surface area contributed by atoms with Crippen molar-refractivity contribution in [3.05, 3.63) is 101 Å². The summed E-state index contributed by atoms with van der Waals surface area (Å²) in [4.78, 5) is 29.4. The highest BCUT2D eigenvalue weighted by Gasteiger charge is 2.26. The second-order valence-electron chi connectivity index (χ2n) is 7.87. The summed E-state index contributed by atoms with van der Waals surface area (Å²) in [6.07, 6.45) is 0. The van der Waals surface area contributed by atoms with Gasteiger partial charge in [0.2, 0.25) is 0 Å². The van der Waals surface area contributed by atoms with Crippen molar-refractivity contribution < 1.29 is 18.0 Å². The van der Waals surface area contributed by atoms with Gasteiger partial charge in [0.15, 0.2) is 9.84 Å². The smallest absolute Gasteiger partial charge is 0.254 e. The molecule has 0 aliphatic carbocycles. The standard InChI is InChI=1S/C25H23ClN2O4S/c26-22-9-5-8-21(17-22)25(30)28-14-12-27(13-15-28)24(29)20-7-4-6-19(16-20)18-33(31,32)23-10-2-1-3-11-23/h1-11,16-17H,12-15,18H2. The molecular weight excluding hydrogens is 460 g/mol. The van der Waals surface area contributed by atoms with Gasteiger partial charge in [-0.1, -0.05) is 48.0 Å². The van der Waals surface area contributed by atoms with Crippen molar-refractivity contribution in [3.8, 4) is 0 Å². The zero-order valence-corrected chi connectivity index (χ0v) is 19.4. The topological polar surface area (TPSA) is 74.8 Å². The fourth-order valence-corrected chi connectivity index (χ4v) is 5.37. The second kappa shape index (κ2) is 9.77. The summed E-state index contributed by atoms with van der Waals surface area (Å²) in [5.74, 6) is -0.471. The molecule has 1 fully saturated rings. The number of rotatable bonds is 5. The molecule has 1 aliphatic heterocycles. The average molecular weight is 483 g/mol. The monoisotopic (exact) mass is 482 g/mol. The Morgan fingerprint density at radius 1 is 0.727 bits per heavy atom. The quantitative estimate of drug-likeness (QED) is 0.552. The molecule has 2 amide bonds. The molecule has 0 N–H and O–H groups in total. The minimum Gasteiger partial charge on any atom is -0.335 e. The van der Waals surface area contributed by atoms with Gasteiger partial charge in [0, 0.05) is 42.3 Å². The zero-order chi connectivity index (χ0) is 23.4. The summed E-state index contributed by atoms with van der Waals surface area (Å²) in [6.45, 7) is 1.63. The molecular formula is C25H23ClN2O4S. The van der Waals surface area contributed by atoms with Crippen LogP contribution in [0.1, 0.15) is 26.3 Å². The largest absolute Gasteiger partial charge is 0.335 e. The van der Waals surface area contributed by atoms with Crippen LogP contribution in [0.5, 0.6) is 0 Å². The molecule has 3 aromatic rings. The molecule has 8 heteroatoms. The van der Waals surface area contributed by atoms with E-state index in [1.165, 1.54) is 0 Å². The van der Waals surface area contributed by atoms with E-state index in [1.807, 2.05) is 0 Å². The van der Waals surface area contributed by atoms with Crippen molar-refractivity contribution in [2.24, 2.45) is 0 Å². The Bertz CT molecular complexity index is 1270. The maximum absolute atomic E-state index is 13.0. The first-order valence-corrected chi connectivity index (χ1v) is 12.6. The molecule has 3 aromatic carbocycles. The third-order valence-electron chi connectivity index (χ3n) is 5.56. The Kier molecular flexibility index (Phi) is 6.81. The van der Waals surface area contributed by atoms with Crippen molar-refractivity contribution in [2.45, 2.75) is 10.6 Å². The number of halogens is 1. The van der Waals surface area contributed by atoms with E-state index in [0.717, 1.165) is 0 Å². The molecule has 0 saturated carbocycles. The SMILES string of the molecule is O=C(c1cccc(Cl)c1)N1CCN(C(=O)c2cccc(CS(=O)(=O)c3ccccc3)c2)CC1. The Labute approximate surface area is 198 Å². The molecule has 0 bridgehead atoms. The van der Waals surface area contributed by atoms with E-state index in [0.29, 0.717) is 47.9 Å². The predicted octanol–water partition coefficient (Wildman–Crippen LogP) is 3.91. The van der Waals surface area contributed by atoms with E-state index in [9.17, 15) is 18.0 Å². The van der Waals surface area contributed by atoms with Crippen LogP contribution in [0, 0.1) is 0 Å². The fourth-order valence-electron chi connectivity index (χ4n) is 3.82. The molecule has 1 heterocycles. The van der Waals surface area contributed by atoms with E-state index >= 15 is 0 Å². The summed E-state index contributed by atoms with van der Waals surface area (Å²) in [5.41, 5.74) is 1.51. The van der Waals surface area contributed by atoms with Crippen molar-refractivity contribution in [3.63, 3.8) is 0 Å². The van der Waals surface area contributed by atoms with Gasteiger partial charge in [-0.15, -0.1) is 0 Å². The van der Waals surface area contributed by atoms with Gasteiger partial charge >= 0.3 is 0 Å². The predicted molar refractivity (Wildman–Crippen MR) is 127 cm³/mol. The van der Waals surface area contributed by atoms with Gasteiger partial charge in [0.05, 0.1) is 10.6 Å². The molecule has 1 saturated heterocycles. The van der Waals surface area contributed by atoms with Crippen LogP contribution in [0.25, 0.3) is 0 Å². The van der Waals surface area contributed by atoms with Crippen LogP contribution in [-0.2, 0) is 15.6 Å².